The van der Waals surface area contributed by atoms with Crippen molar-refractivity contribution in [2.24, 2.45) is 0 Å². The molecule has 21 heavy (non-hydrogen) atoms. The first kappa shape index (κ1) is 13.8. The molecule has 1 aromatic carbocycles. The zero-order chi connectivity index (χ0) is 14.7. The molecular formula is C16H20N4O. The Balaban J connectivity index is 1.89. The lowest BCUT2D eigenvalue weighted by atomic mass is 10.00. The van der Waals surface area contributed by atoms with Crippen molar-refractivity contribution in [1.82, 2.24) is 9.97 Å². The fourth-order valence-electron chi connectivity index (χ4n) is 2.66. The number of methoxy groups -OCH3 is 1. The summed E-state index contributed by atoms with van der Waals surface area (Å²) in [7, 11) is 3.53. The van der Waals surface area contributed by atoms with Gasteiger partial charge in [0, 0.05) is 33.3 Å². The van der Waals surface area contributed by atoms with E-state index in [1.54, 1.807) is 7.11 Å². The second-order valence-electron chi connectivity index (χ2n) is 5.15. The van der Waals surface area contributed by atoms with Crippen LogP contribution in [-0.2, 0) is 24.3 Å². The van der Waals surface area contributed by atoms with Crippen LogP contribution in [0.25, 0.3) is 0 Å². The zero-order valence-electron chi connectivity index (χ0n) is 12.5. The molecule has 1 aromatic heterocycles. The Morgan fingerprint density at radius 3 is 2.81 bits per heavy atom. The number of rotatable bonds is 4. The first-order valence-corrected chi connectivity index (χ1v) is 7.16. The van der Waals surface area contributed by atoms with Crippen molar-refractivity contribution in [2.75, 3.05) is 30.9 Å². The summed E-state index contributed by atoms with van der Waals surface area (Å²) in [4.78, 5) is 11.3. The SMILES string of the molecule is CNc1cc(N2CCc3ccccc3C2)nc(COC)n1. The van der Waals surface area contributed by atoms with Crippen molar-refractivity contribution in [2.45, 2.75) is 19.6 Å². The molecule has 1 aliphatic heterocycles. The Morgan fingerprint density at radius 2 is 2.05 bits per heavy atom. The monoisotopic (exact) mass is 284 g/mol. The minimum absolute atomic E-state index is 0.424. The summed E-state index contributed by atoms with van der Waals surface area (Å²) in [6.45, 7) is 2.29. The molecule has 0 spiro atoms. The lowest BCUT2D eigenvalue weighted by Gasteiger charge is -2.30. The molecule has 0 unspecified atom stereocenters. The van der Waals surface area contributed by atoms with Crippen LogP contribution in [0.1, 0.15) is 17.0 Å². The van der Waals surface area contributed by atoms with Crippen LogP contribution in [-0.4, -0.2) is 30.7 Å². The first-order valence-electron chi connectivity index (χ1n) is 7.16. The summed E-state index contributed by atoms with van der Waals surface area (Å²) in [6, 6.07) is 10.6. The molecule has 0 amide bonds. The van der Waals surface area contributed by atoms with E-state index in [1.807, 2.05) is 13.1 Å². The van der Waals surface area contributed by atoms with Crippen molar-refractivity contribution in [3.63, 3.8) is 0 Å². The van der Waals surface area contributed by atoms with Gasteiger partial charge in [0.15, 0.2) is 5.82 Å². The lowest BCUT2D eigenvalue weighted by molar-refractivity contribution is 0.178. The van der Waals surface area contributed by atoms with E-state index in [1.165, 1.54) is 11.1 Å². The molecule has 3 rings (SSSR count). The third kappa shape index (κ3) is 2.97. The first-order chi connectivity index (χ1) is 10.3. The predicted molar refractivity (Wildman–Crippen MR) is 83.5 cm³/mol. The van der Waals surface area contributed by atoms with Crippen LogP contribution >= 0.6 is 0 Å². The molecule has 2 heterocycles. The Labute approximate surface area is 125 Å². The molecule has 0 saturated heterocycles. The van der Waals surface area contributed by atoms with Gasteiger partial charge in [-0.15, -0.1) is 0 Å². The molecule has 5 heteroatoms. The summed E-state index contributed by atoms with van der Waals surface area (Å²) in [5.41, 5.74) is 2.82. The quantitative estimate of drug-likeness (QED) is 0.933. The van der Waals surface area contributed by atoms with Crippen LogP contribution in [0.15, 0.2) is 30.3 Å². The van der Waals surface area contributed by atoms with Gasteiger partial charge in [-0.3, -0.25) is 0 Å². The number of hydrogen-bond donors (Lipinski definition) is 1. The number of nitrogens with one attached hydrogen (secondary N) is 1. The van der Waals surface area contributed by atoms with Gasteiger partial charge in [0.05, 0.1) is 0 Å². The van der Waals surface area contributed by atoms with Gasteiger partial charge < -0.3 is 15.0 Å². The van der Waals surface area contributed by atoms with Crippen LogP contribution in [0.3, 0.4) is 0 Å². The maximum atomic E-state index is 5.15. The van der Waals surface area contributed by atoms with E-state index < -0.39 is 0 Å². The van der Waals surface area contributed by atoms with Gasteiger partial charge in [0.2, 0.25) is 0 Å². The highest BCUT2D eigenvalue weighted by molar-refractivity contribution is 5.51. The topological polar surface area (TPSA) is 50.3 Å². The van der Waals surface area contributed by atoms with Crippen LogP contribution < -0.4 is 10.2 Å². The molecule has 5 nitrogen and oxygen atoms in total. The lowest BCUT2D eigenvalue weighted by Crippen LogP contribution is -2.31. The second-order valence-corrected chi connectivity index (χ2v) is 5.15. The number of aromatic nitrogens is 2. The number of benzene rings is 1. The van der Waals surface area contributed by atoms with Crippen molar-refractivity contribution in [3.8, 4) is 0 Å². The standard InChI is InChI=1S/C16H20N4O/c1-17-14-9-16(19-15(18-14)11-21-2)20-8-7-12-5-3-4-6-13(12)10-20/h3-6,9H,7-8,10-11H2,1-2H3,(H,17,18,19). The Hall–Kier alpha value is -2.14. The van der Waals surface area contributed by atoms with Crippen LogP contribution in [0.4, 0.5) is 11.6 Å². The number of fused-ring (bicyclic) bond motifs is 1. The van der Waals surface area contributed by atoms with Crippen LogP contribution in [0, 0.1) is 0 Å². The molecule has 0 aliphatic carbocycles. The molecular weight excluding hydrogens is 264 g/mol. The van der Waals surface area contributed by atoms with E-state index in [4.69, 9.17) is 4.74 Å². The van der Waals surface area contributed by atoms with E-state index >= 15 is 0 Å². The van der Waals surface area contributed by atoms with Gasteiger partial charge in [0.1, 0.15) is 18.2 Å². The van der Waals surface area contributed by atoms with Gasteiger partial charge >= 0.3 is 0 Å². The molecule has 0 fully saturated rings. The van der Waals surface area contributed by atoms with E-state index in [2.05, 4.69) is 44.5 Å². The zero-order valence-corrected chi connectivity index (χ0v) is 12.5. The average molecular weight is 284 g/mol. The Morgan fingerprint density at radius 1 is 1.24 bits per heavy atom. The number of nitrogens with zero attached hydrogens (tertiary/aromatic N) is 3. The molecule has 1 aliphatic rings. The van der Waals surface area contributed by atoms with Crippen LogP contribution in [0.5, 0.6) is 0 Å². The van der Waals surface area contributed by atoms with Crippen molar-refractivity contribution in [3.05, 3.63) is 47.3 Å². The normalized spacial score (nSPS) is 13.9. The molecule has 0 bridgehead atoms. The molecule has 1 N–H and O–H groups in total. The largest absolute Gasteiger partial charge is 0.377 e. The maximum absolute atomic E-state index is 5.15. The smallest absolute Gasteiger partial charge is 0.158 e. The highest BCUT2D eigenvalue weighted by atomic mass is 16.5. The number of anilines is 2. The van der Waals surface area contributed by atoms with E-state index in [0.29, 0.717) is 12.4 Å². The third-order valence-corrected chi connectivity index (χ3v) is 3.74. The molecule has 110 valence electrons. The maximum Gasteiger partial charge on any atom is 0.158 e. The highest BCUT2D eigenvalue weighted by Crippen LogP contribution is 2.24. The minimum Gasteiger partial charge on any atom is -0.377 e. The van der Waals surface area contributed by atoms with Gasteiger partial charge in [-0.25, -0.2) is 9.97 Å². The summed E-state index contributed by atoms with van der Waals surface area (Å²) in [6.07, 6.45) is 1.05. The third-order valence-electron chi connectivity index (χ3n) is 3.74. The summed E-state index contributed by atoms with van der Waals surface area (Å²) in [5, 5.41) is 3.09. The Kier molecular flexibility index (Phi) is 4.01. The van der Waals surface area contributed by atoms with Gasteiger partial charge in [-0.1, -0.05) is 24.3 Å². The van der Waals surface area contributed by atoms with Gasteiger partial charge in [0.25, 0.3) is 0 Å². The second kappa shape index (κ2) is 6.10. The summed E-state index contributed by atoms with van der Waals surface area (Å²) < 4.78 is 5.15. The average Bonchev–Trinajstić information content (AvgIpc) is 2.54. The molecule has 0 atom stereocenters. The van der Waals surface area contributed by atoms with Gasteiger partial charge in [-0.05, 0) is 17.5 Å². The summed E-state index contributed by atoms with van der Waals surface area (Å²) in [5.74, 6) is 2.49. The van der Waals surface area contributed by atoms with Crippen molar-refractivity contribution in [1.29, 1.82) is 0 Å². The fraction of sp³-hybridized carbons (Fsp3) is 0.375. The molecule has 0 saturated carbocycles. The highest BCUT2D eigenvalue weighted by Gasteiger charge is 2.18. The minimum atomic E-state index is 0.424. The summed E-state index contributed by atoms with van der Waals surface area (Å²) >= 11 is 0. The Bertz CT molecular complexity index is 629. The van der Waals surface area contributed by atoms with E-state index in [-0.39, 0.29) is 0 Å². The van der Waals surface area contributed by atoms with E-state index in [0.717, 1.165) is 31.1 Å². The number of ether oxygens (including phenoxy) is 1. The van der Waals surface area contributed by atoms with Crippen molar-refractivity contribution >= 4 is 11.6 Å². The van der Waals surface area contributed by atoms with Crippen LogP contribution in [0.2, 0.25) is 0 Å². The molecule has 0 radical (unpaired) electrons. The van der Waals surface area contributed by atoms with E-state index in [9.17, 15) is 0 Å². The number of hydrogen-bond acceptors (Lipinski definition) is 5. The van der Waals surface area contributed by atoms with Crippen molar-refractivity contribution < 1.29 is 4.74 Å². The van der Waals surface area contributed by atoms with Gasteiger partial charge in [-0.2, -0.15) is 0 Å². The predicted octanol–water partition coefficient (Wildman–Crippen LogP) is 2.23. The molecule has 2 aromatic rings. The fourth-order valence-corrected chi connectivity index (χ4v) is 2.66.